The molecule has 0 aromatic heterocycles. The molecule has 0 unspecified atom stereocenters. The van der Waals surface area contributed by atoms with Crippen LogP contribution in [0.4, 0.5) is 0 Å². The quantitative estimate of drug-likeness (QED) is 0.324. The molecule has 0 radical (unpaired) electrons. The van der Waals surface area contributed by atoms with Gasteiger partial charge in [-0.2, -0.15) is 0 Å². The number of Topliss-reactive ketones (excluding diaryl/α,β-unsaturated/α-hetero) is 1. The number of ketones is 1. The van der Waals surface area contributed by atoms with Gasteiger partial charge in [0.15, 0.2) is 6.10 Å². The molecular weight excluding hydrogens is 382 g/mol. The van der Waals surface area contributed by atoms with Gasteiger partial charge in [-0.05, 0) is 50.9 Å². The van der Waals surface area contributed by atoms with Gasteiger partial charge in [-0.15, -0.1) is 0 Å². The van der Waals surface area contributed by atoms with Crippen molar-refractivity contribution in [2.24, 2.45) is 35.5 Å². The first-order valence-corrected chi connectivity index (χ1v) is 10.7. The van der Waals surface area contributed by atoms with E-state index in [0.29, 0.717) is 17.4 Å². The molecule has 30 heavy (non-hydrogen) atoms. The smallest absolute Gasteiger partial charge is 0.329 e. The Labute approximate surface area is 175 Å². The molecule has 156 valence electrons. The largest absolute Gasteiger partial charge is 0.453 e. The maximum absolute atomic E-state index is 13.1. The normalized spacial score (nSPS) is 35.0. The standard InChI is InChI=1S/C24H25NO5/c1-11-4-6-14(7-5-11)21(26)13(3)30-24(29)12(2)25-22(27)19-15-8-9-16(18-10-17(15)18)20(19)23(25)28/h4-9,12-13,15-20H,10H2,1-3H3/t12-,13-,15-,16-,17-,18-,19-,20+/m0/s1. The number of carbonyl (C=O) groups excluding carboxylic acids is 4. The summed E-state index contributed by atoms with van der Waals surface area (Å²) in [5, 5.41) is 0. The van der Waals surface area contributed by atoms with Crippen LogP contribution in [0, 0.1) is 42.4 Å². The molecule has 1 saturated heterocycles. The molecule has 6 rings (SSSR count). The zero-order chi connectivity index (χ0) is 21.3. The summed E-state index contributed by atoms with van der Waals surface area (Å²) >= 11 is 0. The zero-order valence-electron chi connectivity index (χ0n) is 17.3. The third kappa shape index (κ3) is 2.69. The summed E-state index contributed by atoms with van der Waals surface area (Å²) < 4.78 is 5.37. The van der Waals surface area contributed by atoms with E-state index in [9.17, 15) is 19.2 Å². The Morgan fingerprint density at radius 1 is 0.967 bits per heavy atom. The Morgan fingerprint density at radius 2 is 1.50 bits per heavy atom. The van der Waals surface area contributed by atoms with Crippen LogP contribution in [0.3, 0.4) is 0 Å². The number of allylic oxidation sites excluding steroid dienone is 2. The molecule has 3 fully saturated rings. The van der Waals surface area contributed by atoms with Crippen LogP contribution in [0.5, 0.6) is 0 Å². The van der Waals surface area contributed by atoms with Crippen LogP contribution in [0.1, 0.15) is 36.2 Å². The molecule has 5 aliphatic rings. The van der Waals surface area contributed by atoms with Crippen LogP contribution < -0.4 is 0 Å². The summed E-state index contributed by atoms with van der Waals surface area (Å²) in [5.74, 6) is -1.04. The topological polar surface area (TPSA) is 80.8 Å². The van der Waals surface area contributed by atoms with Gasteiger partial charge in [0.05, 0.1) is 11.8 Å². The van der Waals surface area contributed by atoms with Crippen LogP contribution in [0.2, 0.25) is 0 Å². The van der Waals surface area contributed by atoms with Crippen molar-refractivity contribution in [3.63, 3.8) is 0 Å². The number of imide groups is 1. The summed E-state index contributed by atoms with van der Waals surface area (Å²) in [6.45, 7) is 4.94. The minimum absolute atomic E-state index is 0.108. The third-order valence-electron chi connectivity index (χ3n) is 7.42. The highest BCUT2D eigenvalue weighted by molar-refractivity contribution is 6.09. The maximum atomic E-state index is 13.1. The van der Waals surface area contributed by atoms with E-state index in [-0.39, 0.29) is 41.3 Å². The molecule has 1 aliphatic heterocycles. The second kappa shape index (κ2) is 6.62. The number of rotatable bonds is 5. The molecule has 2 saturated carbocycles. The Bertz CT molecular complexity index is 944. The van der Waals surface area contributed by atoms with E-state index in [1.807, 2.05) is 19.1 Å². The van der Waals surface area contributed by atoms with Crippen molar-refractivity contribution in [1.82, 2.24) is 4.90 Å². The molecule has 0 N–H and O–H groups in total. The van der Waals surface area contributed by atoms with Crippen LogP contribution in [0.25, 0.3) is 0 Å². The molecule has 6 nitrogen and oxygen atoms in total. The lowest BCUT2D eigenvalue weighted by atomic mass is 9.63. The van der Waals surface area contributed by atoms with Gasteiger partial charge in [0, 0.05) is 5.56 Å². The average Bonchev–Trinajstić information content (AvgIpc) is 3.51. The number of esters is 1. The molecule has 2 bridgehead atoms. The van der Waals surface area contributed by atoms with Crippen LogP contribution in [-0.2, 0) is 19.1 Å². The van der Waals surface area contributed by atoms with Crippen LogP contribution in [0.15, 0.2) is 36.4 Å². The van der Waals surface area contributed by atoms with Crippen molar-refractivity contribution >= 4 is 23.6 Å². The number of hydrogen-bond donors (Lipinski definition) is 0. The molecule has 2 amide bonds. The molecule has 4 aliphatic carbocycles. The molecule has 1 aromatic carbocycles. The number of hydrogen-bond acceptors (Lipinski definition) is 5. The van der Waals surface area contributed by atoms with E-state index < -0.39 is 18.1 Å². The number of ether oxygens (including phenoxy) is 1. The zero-order valence-corrected chi connectivity index (χ0v) is 17.3. The number of nitrogens with zero attached hydrogens (tertiary/aromatic N) is 1. The first-order chi connectivity index (χ1) is 14.3. The van der Waals surface area contributed by atoms with Gasteiger partial charge in [0.2, 0.25) is 17.6 Å². The number of aryl methyl sites for hydroxylation is 1. The lowest BCUT2D eigenvalue weighted by Crippen LogP contribution is -2.46. The highest BCUT2D eigenvalue weighted by Gasteiger charge is 2.67. The summed E-state index contributed by atoms with van der Waals surface area (Å²) in [7, 11) is 0. The SMILES string of the molecule is Cc1ccc(C(=O)[C@H](C)OC(=O)[C@H](C)N2C(=O)[C@@H]3[C@H]4C=C[C@@H]([C@@H]5C[C@@H]45)[C@@H]3C2=O)cc1. The molecule has 1 heterocycles. The lowest BCUT2D eigenvalue weighted by molar-refractivity contribution is -0.160. The van der Waals surface area contributed by atoms with E-state index in [4.69, 9.17) is 4.74 Å². The summed E-state index contributed by atoms with van der Waals surface area (Å²) in [6, 6.07) is 5.98. The van der Waals surface area contributed by atoms with E-state index >= 15 is 0 Å². The predicted octanol–water partition coefficient (Wildman–Crippen LogP) is 2.55. The minimum atomic E-state index is -1.04. The first kappa shape index (κ1) is 19.2. The van der Waals surface area contributed by atoms with Crippen molar-refractivity contribution in [3.05, 3.63) is 47.5 Å². The van der Waals surface area contributed by atoms with Gasteiger partial charge in [-0.1, -0.05) is 42.0 Å². The fourth-order valence-corrected chi connectivity index (χ4v) is 5.75. The Morgan fingerprint density at radius 3 is 2.03 bits per heavy atom. The summed E-state index contributed by atoms with van der Waals surface area (Å²) in [4.78, 5) is 52.6. The molecule has 6 heteroatoms. The van der Waals surface area contributed by atoms with Crippen LogP contribution >= 0.6 is 0 Å². The second-order valence-corrected chi connectivity index (χ2v) is 9.19. The second-order valence-electron chi connectivity index (χ2n) is 9.19. The lowest BCUT2D eigenvalue weighted by Gasteiger charge is -2.37. The number of amides is 2. The van der Waals surface area contributed by atoms with Gasteiger partial charge >= 0.3 is 5.97 Å². The van der Waals surface area contributed by atoms with Crippen molar-refractivity contribution < 1.29 is 23.9 Å². The summed E-state index contributed by atoms with van der Waals surface area (Å²) in [5.41, 5.74) is 1.48. The van der Waals surface area contributed by atoms with E-state index in [2.05, 4.69) is 12.2 Å². The molecule has 0 spiro atoms. The Kier molecular flexibility index (Phi) is 4.24. The van der Waals surface area contributed by atoms with E-state index in [1.165, 1.54) is 13.8 Å². The molecule has 1 aromatic rings. The van der Waals surface area contributed by atoms with Crippen molar-refractivity contribution in [3.8, 4) is 0 Å². The number of benzene rings is 1. The predicted molar refractivity (Wildman–Crippen MR) is 107 cm³/mol. The minimum Gasteiger partial charge on any atom is -0.453 e. The summed E-state index contributed by atoms with van der Waals surface area (Å²) in [6.07, 6.45) is 4.29. The number of carbonyl (C=O) groups is 4. The van der Waals surface area contributed by atoms with Gasteiger partial charge in [0.25, 0.3) is 0 Å². The van der Waals surface area contributed by atoms with Gasteiger partial charge in [-0.3, -0.25) is 19.3 Å². The fraction of sp³-hybridized carbons (Fsp3) is 0.500. The highest BCUT2D eigenvalue weighted by Crippen LogP contribution is 2.65. The van der Waals surface area contributed by atoms with Crippen molar-refractivity contribution in [2.45, 2.75) is 39.3 Å². The number of likely N-dealkylation sites (tertiary alicyclic amines) is 1. The first-order valence-electron chi connectivity index (χ1n) is 10.7. The molecular formula is C24H25NO5. The van der Waals surface area contributed by atoms with Gasteiger partial charge in [-0.25, -0.2) is 4.79 Å². The highest BCUT2D eigenvalue weighted by atomic mass is 16.5. The van der Waals surface area contributed by atoms with Crippen molar-refractivity contribution in [2.75, 3.05) is 0 Å². The molecule has 8 atom stereocenters. The van der Waals surface area contributed by atoms with Gasteiger partial charge < -0.3 is 4.74 Å². The van der Waals surface area contributed by atoms with E-state index in [1.54, 1.807) is 12.1 Å². The van der Waals surface area contributed by atoms with Crippen LogP contribution in [-0.4, -0.2) is 40.6 Å². The maximum Gasteiger partial charge on any atom is 0.329 e. The average molecular weight is 407 g/mol. The Balaban J connectivity index is 1.29. The third-order valence-corrected chi connectivity index (χ3v) is 7.42. The fourth-order valence-electron chi connectivity index (χ4n) is 5.75. The monoisotopic (exact) mass is 407 g/mol. The van der Waals surface area contributed by atoms with Crippen molar-refractivity contribution in [1.29, 1.82) is 0 Å². The van der Waals surface area contributed by atoms with E-state index in [0.717, 1.165) is 16.9 Å². The Hall–Kier alpha value is -2.76. The van der Waals surface area contributed by atoms with Gasteiger partial charge in [0.1, 0.15) is 6.04 Å².